The van der Waals surface area contributed by atoms with Crippen molar-refractivity contribution in [3.63, 3.8) is 0 Å². The van der Waals surface area contributed by atoms with E-state index in [4.69, 9.17) is 0 Å². The zero-order valence-corrected chi connectivity index (χ0v) is 14.5. The largest absolute Gasteiger partial charge is 0.328 e. The van der Waals surface area contributed by atoms with Crippen LogP contribution in [-0.4, -0.2) is 63.3 Å². The fraction of sp³-hybridized carbons (Fsp3) is 1.00. The average molecular weight is 283 g/mol. The van der Waals surface area contributed by atoms with Crippen molar-refractivity contribution in [1.29, 1.82) is 0 Å². The highest BCUT2D eigenvalue weighted by atomic mass is 15.3. The highest BCUT2D eigenvalue weighted by Gasteiger charge is 2.27. The van der Waals surface area contributed by atoms with Crippen molar-refractivity contribution in [2.24, 2.45) is 11.8 Å². The lowest BCUT2D eigenvalue weighted by Gasteiger charge is -2.38. The fourth-order valence-corrected chi connectivity index (χ4v) is 4.08. The molecule has 0 bridgehead atoms. The molecule has 20 heavy (non-hydrogen) atoms. The summed E-state index contributed by atoms with van der Waals surface area (Å²) in [6.07, 6.45) is 11.9. The van der Waals surface area contributed by atoms with Gasteiger partial charge < -0.3 is 8.97 Å². The van der Waals surface area contributed by atoms with Crippen LogP contribution in [0.4, 0.5) is 0 Å². The molecule has 0 radical (unpaired) electrons. The van der Waals surface area contributed by atoms with Crippen LogP contribution in [0.5, 0.6) is 0 Å². The smallest absolute Gasteiger partial charge is 0.0785 e. The second-order valence-corrected chi connectivity index (χ2v) is 8.94. The van der Waals surface area contributed by atoms with Crippen LogP contribution in [0.1, 0.15) is 51.4 Å². The van der Waals surface area contributed by atoms with Crippen LogP contribution in [0.25, 0.3) is 0 Å². The SMILES string of the molecule is C[N+]1(C)CCC(CCCCC2CC[N+](C)(C)CC2)CC1. The van der Waals surface area contributed by atoms with Crippen LogP contribution in [0.2, 0.25) is 0 Å². The summed E-state index contributed by atoms with van der Waals surface area (Å²) in [5, 5.41) is 0. The third-order valence-corrected chi connectivity index (χ3v) is 6.05. The van der Waals surface area contributed by atoms with Gasteiger partial charge in [-0.2, -0.15) is 0 Å². The molecule has 0 aromatic heterocycles. The summed E-state index contributed by atoms with van der Waals surface area (Å²) in [6.45, 7) is 5.61. The predicted molar refractivity (Wildman–Crippen MR) is 87.6 cm³/mol. The summed E-state index contributed by atoms with van der Waals surface area (Å²) >= 11 is 0. The molecule has 0 unspecified atom stereocenters. The Morgan fingerprint density at radius 3 is 1.20 bits per heavy atom. The van der Waals surface area contributed by atoms with E-state index in [1.165, 1.54) is 86.5 Å². The Hall–Kier alpha value is -0.0800. The first-order valence-electron chi connectivity index (χ1n) is 9.00. The molecule has 0 N–H and O–H groups in total. The third-order valence-electron chi connectivity index (χ3n) is 6.05. The van der Waals surface area contributed by atoms with Gasteiger partial charge >= 0.3 is 0 Å². The normalized spacial score (nSPS) is 27.6. The van der Waals surface area contributed by atoms with E-state index in [9.17, 15) is 0 Å². The molecular weight excluding hydrogens is 244 g/mol. The van der Waals surface area contributed by atoms with Crippen molar-refractivity contribution < 1.29 is 8.97 Å². The molecule has 2 rings (SSSR count). The van der Waals surface area contributed by atoms with Crippen LogP contribution in [-0.2, 0) is 0 Å². The highest BCUT2D eigenvalue weighted by molar-refractivity contribution is 4.67. The van der Waals surface area contributed by atoms with Crippen molar-refractivity contribution >= 4 is 0 Å². The molecule has 0 saturated carbocycles. The average Bonchev–Trinajstić information content (AvgIpc) is 2.38. The molecule has 2 saturated heterocycles. The molecule has 0 amide bonds. The van der Waals surface area contributed by atoms with Gasteiger partial charge in [-0.05, 0) is 37.5 Å². The molecule has 2 heterocycles. The Morgan fingerprint density at radius 2 is 0.900 bits per heavy atom. The van der Waals surface area contributed by atoms with E-state index >= 15 is 0 Å². The van der Waals surface area contributed by atoms with Gasteiger partial charge in [0.05, 0.1) is 54.4 Å². The number of unbranched alkanes of at least 4 members (excludes halogenated alkanes) is 1. The lowest BCUT2D eigenvalue weighted by atomic mass is 9.87. The Bertz CT molecular complexity index is 246. The van der Waals surface area contributed by atoms with Crippen LogP contribution in [0.15, 0.2) is 0 Å². The molecular formula is C18H38N2+2. The third kappa shape index (κ3) is 5.37. The van der Waals surface area contributed by atoms with Gasteiger partial charge in [0.25, 0.3) is 0 Å². The van der Waals surface area contributed by atoms with Crippen LogP contribution in [0, 0.1) is 11.8 Å². The Kier molecular flexibility index (Phi) is 5.53. The lowest BCUT2D eigenvalue weighted by Crippen LogP contribution is -2.46. The molecule has 118 valence electrons. The van der Waals surface area contributed by atoms with Gasteiger partial charge in [0.2, 0.25) is 0 Å². The summed E-state index contributed by atoms with van der Waals surface area (Å²) < 4.78 is 2.51. The van der Waals surface area contributed by atoms with Gasteiger partial charge in [0, 0.05) is 0 Å². The molecule has 2 heteroatoms. The second-order valence-electron chi connectivity index (χ2n) is 8.94. The summed E-state index contributed by atoms with van der Waals surface area (Å²) in [7, 11) is 9.55. The molecule has 0 spiro atoms. The van der Waals surface area contributed by atoms with Crippen molar-refractivity contribution in [2.75, 3.05) is 54.4 Å². The van der Waals surface area contributed by atoms with Gasteiger partial charge in [0.15, 0.2) is 0 Å². The number of hydrogen-bond donors (Lipinski definition) is 0. The minimum absolute atomic E-state index is 1.04. The maximum absolute atomic E-state index is 2.39. The lowest BCUT2D eigenvalue weighted by molar-refractivity contribution is -0.896. The minimum Gasteiger partial charge on any atom is -0.328 e. The molecule has 2 nitrogen and oxygen atoms in total. The van der Waals surface area contributed by atoms with E-state index in [0.29, 0.717) is 0 Å². The molecule has 2 aliphatic heterocycles. The minimum atomic E-state index is 1.04. The van der Waals surface area contributed by atoms with Gasteiger partial charge in [-0.3, -0.25) is 0 Å². The number of quaternary nitrogens is 2. The van der Waals surface area contributed by atoms with Crippen molar-refractivity contribution in [1.82, 2.24) is 0 Å². The van der Waals surface area contributed by atoms with Crippen LogP contribution < -0.4 is 0 Å². The zero-order valence-electron chi connectivity index (χ0n) is 14.5. The standard InChI is InChI=1S/C18H38N2/c1-19(2)13-9-17(10-14-19)7-5-6-8-18-11-15-20(3,4)16-12-18/h17-18H,5-16H2,1-4H3/q+2. The number of hydrogen-bond acceptors (Lipinski definition) is 0. The van der Waals surface area contributed by atoms with Crippen molar-refractivity contribution in [2.45, 2.75) is 51.4 Å². The molecule has 0 aromatic carbocycles. The van der Waals surface area contributed by atoms with Crippen molar-refractivity contribution in [3.8, 4) is 0 Å². The first-order valence-corrected chi connectivity index (χ1v) is 9.00. The van der Waals surface area contributed by atoms with E-state index in [0.717, 1.165) is 11.8 Å². The first-order chi connectivity index (χ1) is 9.36. The topological polar surface area (TPSA) is 0 Å². The van der Waals surface area contributed by atoms with E-state index in [2.05, 4.69) is 28.2 Å². The maximum Gasteiger partial charge on any atom is 0.0785 e. The van der Waals surface area contributed by atoms with Gasteiger partial charge in [-0.25, -0.2) is 0 Å². The Morgan fingerprint density at radius 1 is 0.600 bits per heavy atom. The zero-order chi connectivity index (χ0) is 14.6. The van der Waals surface area contributed by atoms with E-state index in [-0.39, 0.29) is 0 Å². The van der Waals surface area contributed by atoms with E-state index in [1.54, 1.807) is 0 Å². The van der Waals surface area contributed by atoms with Crippen LogP contribution in [0.3, 0.4) is 0 Å². The van der Waals surface area contributed by atoms with E-state index in [1.807, 2.05) is 0 Å². The highest BCUT2D eigenvalue weighted by Crippen LogP contribution is 2.28. The van der Waals surface area contributed by atoms with Gasteiger partial charge in [0.1, 0.15) is 0 Å². The number of rotatable bonds is 5. The molecule has 0 aromatic rings. The Labute approximate surface area is 127 Å². The quantitative estimate of drug-likeness (QED) is 0.535. The Balaban J connectivity index is 1.52. The summed E-state index contributed by atoms with van der Waals surface area (Å²) in [5.41, 5.74) is 0. The number of likely N-dealkylation sites (tertiary alicyclic amines) is 2. The monoisotopic (exact) mass is 282 g/mol. The predicted octanol–water partition coefficient (Wildman–Crippen LogP) is 3.52. The van der Waals surface area contributed by atoms with Gasteiger partial charge in [-0.1, -0.05) is 25.7 Å². The maximum atomic E-state index is 2.39. The van der Waals surface area contributed by atoms with Crippen molar-refractivity contribution in [3.05, 3.63) is 0 Å². The summed E-state index contributed by atoms with van der Waals surface area (Å²) in [5.74, 6) is 2.09. The molecule has 2 aliphatic rings. The van der Waals surface area contributed by atoms with E-state index < -0.39 is 0 Å². The molecule has 0 aliphatic carbocycles. The number of piperidine rings is 2. The van der Waals surface area contributed by atoms with Gasteiger partial charge in [-0.15, -0.1) is 0 Å². The first kappa shape index (κ1) is 16.3. The summed E-state index contributed by atoms with van der Waals surface area (Å²) in [6, 6.07) is 0. The molecule has 2 fully saturated rings. The molecule has 0 atom stereocenters. The second kappa shape index (κ2) is 6.79. The fourth-order valence-electron chi connectivity index (χ4n) is 4.08. The number of nitrogens with zero attached hydrogens (tertiary/aromatic N) is 2. The summed E-state index contributed by atoms with van der Waals surface area (Å²) in [4.78, 5) is 0. The van der Waals surface area contributed by atoms with Crippen LogP contribution >= 0.6 is 0 Å².